The van der Waals surface area contributed by atoms with Gasteiger partial charge in [-0.25, -0.2) is 18.2 Å². The molecule has 0 bridgehead atoms. The van der Waals surface area contributed by atoms with Gasteiger partial charge in [-0.15, -0.1) is 11.3 Å². The molecule has 1 saturated heterocycles. The fourth-order valence-electron chi connectivity index (χ4n) is 7.73. The molecule has 0 N–H and O–H groups in total. The summed E-state index contributed by atoms with van der Waals surface area (Å²) in [4.78, 5) is 37.0. The molecule has 0 atom stereocenters. The molecule has 0 radical (unpaired) electrons. The molecule has 256 valence electrons. The van der Waals surface area contributed by atoms with Crippen LogP contribution in [-0.4, -0.2) is 62.3 Å². The Kier molecular flexibility index (Phi) is 9.66. The standard InChI is InChI=1S/C38H47N3O5S2/c1-25-22-40(23-25)38(43)46-33-16-12-30(13-17-33)37(42)41(32-5-3-4-31(20-32)35-21-39-36(47-35)29-10-11-29)24-26-6-8-27(9-7-26)28-14-18-34(19-15-28)48(2,44)45/h3-5,14-15,18-21,25-27,29-30,33H,6-13,16-17,22-24H2,1-2H3. The summed E-state index contributed by atoms with van der Waals surface area (Å²) in [5.41, 5.74) is 3.24. The van der Waals surface area contributed by atoms with Gasteiger partial charge in [-0.2, -0.15) is 0 Å². The van der Waals surface area contributed by atoms with Crippen molar-refractivity contribution in [1.29, 1.82) is 0 Å². The molecule has 3 saturated carbocycles. The molecular weight excluding hydrogens is 643 g/mol. The molecule has 1 aliphatic heterocycles. The third-order valence-corrected chi connectivity index (χ3v) is 13.2. The van der Waals surface area contributed by atoms with Crippen molar-refractivity contribution in [2.45, 2.75) is 94.0 Å². The molecule has 2 aromatic carbocycles. The Morgan fingerprint density at radius 3 is 2.25 bits per heavy atom. The second-order valence-electron chi connectivity index (χ2n) is 14.8. The highest BCUT2D eigenvalue weighted by atomic mass is 32.2. The molecule has 2 heterocycles. The van der Waals surface area contributed by atoms with E-state index in [-0.39, 0.29) is 24.0 Å². The van der Waals surface area contributed by atoms with E-state index in [1.54, 1.807) is 28.4 Å². The highest BCUT2D eigenvalue weighted by molar-refractivity contribution is 7.90. The normalized spacial score (nSPS) is 24.9. The summed E-state index contributed by atoms with van der Waals surface area (Å²) in [5, 5.41) is 1.21. The minimum absolute atomic E-state index is 0.0952. The molecule has 2 amide bonds. The Bertz CT molecular complexity index is 1710. The van der Waals surface area contributed by atoms with E-state index in [0.717, 1.165) is 67.7 Å². The van der Waals surface area contributed by atoms with Crippen LogP contribution in [0, 0.1) is 17.8 Å². The van der Waals surface area contributed by atoms with Crippen LogP contribution >= 0.6 is 11.3 Å². The average molecular weight is 690 g/mol. The molecule has 4 fully saturated rings. The van der Waals surface area contributed by atoms with Gasteiger partial charge in [0.05, 0.1) is 14.8 Å². The summed E-state index contributed by atoms with van der Waals surface area (Å²) < 4.78 is 29.7. The summed E-state index contributed by atoms with van der Waals surface area (Å²) in [7, 11) is -3.21. The van der Waals surface area contributed by atoms with Gasteiger partial charge in [0, 0.05) is 49.6 Å². The first-order chi connectivity index (χ1) is 23.1. The van der Waals surface area contributed by atoms with Crippen molar-refractivity contribution in [3.63, 3.8) is 0 Å². The number of likely N-dealkylation sites (tertiary alicyclic amines) is 1. The molecule has 7 rings (SSSR count). The molecular formula is C38H47N3O5S2. The maximum atomic E-state index is 14.4. The Labute approximate surface area is 288 Å². The zero-order chi connectivity index (χ0) is 33.4. The molecule has 3 aromatic rings. The highest BCUT2D eigenvalue weighted by Crippen LogP contribution is 2.44. The molecule has 0 spiro atoms. The van der Waals surface area contributed by atoms with Gasteiger partial charge in [-0.3, -0.25) is 4.79 Å². The summed E-state index contributed by atoms with van der Waals surface area (Å²) in [6.45, 7) is 4.35. The largest absolute Gasteiger partial charge is 0.446 e. The van der Waals surface area contributed by atoms with Gasteiger partial charge >= 0.3 is 6.09 Å². The van der Waals surface area contributed by atoms with Gasteiger partial charge in [-0.05, 0) is 117 Å². The number of thiazole rings is 1. The lowest BCUT2D eigenvalue weighted by atomic mass is 9.78. The van der Waals surface area contributed by atoms with Gasteiger partial charge in [0.15, 0.2) is 9.84 Å². The summed E-state index contributed by atoms with van der Waals surface area (Å²) >= 11 is 1.77. The fraction of sp³-hybridized carbons (Fsp3) is 0.553. The van der Waals surface area contributed by atoms with E-state index in [1.807, 2.05) is 18.3 Å². The molecule has 10 heteroatoms. The Hall–Kier alpha value is -3.24. The predicted octanol–water partition coefficient (Wildman–Crippen LogP) is 8.05. The summed E-state index contributed by atoms with van der Waals surface area (Å²) in [5.74, 6) is 2.01. The number of hydrogen-bond donors (Lipinski definition) is 0. The maximum Gasteiger partial charge on any atom is 0.410 e. The van der Waals surface area contributed by atoms with Crippen LogP contribution in [0.4, 0.5) is 10.5 Å². The highest BCUT2D eigenvalue weighted by Gasteiger charge is 2.36. The van der Waals surface area contributed by atoms with Crippen LogP contribution < -0.4 is 4.90 Å². The van der Waals surface area contributed by atoms with Crippen LogP contribution in [0.1, 0.15) is 93.5 Å². The van der Waals surface area contributed by atoms with Crippen molar-refractivity contribution in [2.24, 2.45) is 17.8 Å². The van der Waals surface area contributed by atoms with Crippen LogP contribution in [0.15, 0.2) is 59.6 Å². The Balaban J connectivity index is 1.04. The van der Waals surface area contributed by atoms with Crippen LogP contribution in [0.5, 0.6) is 0 Å². The van der Waals surface area contributed by atoms with Crippen LogP contribution in [0.25, 0.3) is 10.4 Å². The first-order valence-electron chi connectivity index (χ1n) is 17.7. The molecule has 48 heavy (non-hydrogen) atoms. The summed E-state index contributed by atoms with van der Waals surface area (Å²) in [6.07, 6.45) is 12.3. The van der Waals surface area contributed by atoms with Crippen molar-refractivity contribution in [3.8, 4) is 10.4 Å². The van der Waals surface area contributed by atoms with Crippen LogP contribution in [0.2, 0.25) is 0 Å². The number of nitrogens with zero attached hydrogens (tertiary/aromatic N) is 3. The number of anilines is 1. The minimum Gasteiger partial charge on any atom is -0.446 e. The van der Waals surface area contributed by atoms with Crippen LogP contribution in [-0.2, 0) is 19.4 Å². The third-order valence-electron chi connectivity index (χ3n) is 10.8. The van der Waals surface area contributed by atoms with Gasteiger partial charge in [0.1, 0.15) is 6.10 Å². The molecule has 1 aromatic heterocycles. The number of sulfone groups is 1. The fourth-order valence-corrected chi connectivity index (χ4v) is 9.44. The quantitative estimate of drug-likeness (QED) is 0.226. The van der Waals surface area contributed by atoms with Crippen molar-refractivity contribution < 1.29 is 22.7 Å². The minimum atomic E-state index is -3.21. The van der Waals surface area contributed by atoms with Crippen molar-refractivity contribution >= 4 is 38.9 Å². The van der Waals surface area contributed by atoms with E-state index in [2.05, 4.69) is 36.1 Å². The number of carbonyl (C=O) groups is 2. The van der Waals surface area contributed by atoms with E-state index in [9.17, 15) is 18.0 Å². The maximum absolute atomic E-state index is 14.4. The lowest BCUT2D eigenvalue weighted by molar-refractivity contribution is -0.124. The average Bonchev–Trinajstić information content (AvgIpc) is 3.81. The Morgan fingerprint density at radius 1 is 0.917 bits per heavy atom. The number of hydrogen-bond acceptors (Lipinski definition) is 7. The molecule has 3 aliphatic carbocycles. The van der Waals surface area contributed by atoms with E-state index in [1.165, 1.54) is 29.7 Å². The van der Waals surface area contributed by atoms with Crippen molar-refractivity contribution in [3.05, 3.63) is 65.3 Å². The zero-order valence-electron chi connectivity index (χ0n) is 28.1. The monoisotopic (exact) mass is 689 g/mol. The first-order valence-corrected chi connectivity index (χ1v) is 20.4. The zero-order valence-corrected chi connectivity index (χ0v) is 29.7. The Morgan fingerprint density at radius 2 is 1.60 bits per heavy atom. The van der Waals surface area contributed by atoms with Gasteiger partial charge in [-0.1, -0.05) is 31.2 Å². The predicted molar refractivity (Wildman–Crippen MR) is 189 cm³/mol. The number of carbonyl (C=O) groups excluding carboxylic acids is 2. The second kappa shape index (κ2) is 13.9. The van der Waals surface area contributed by atoms with Crippen molar-refractivity contribution in [2.75, 3.05) is 30.8 Å². The molecule has 8 nitrogen and oxygen atoms in total. The third kappa shape index (κ3) is 7.65. The smallest absolute Gasteiger partial charge is 0.410 e. The van der Waals surface area contributed by atoms with E-state index < -0.39 is 9.84 Å². The van der Waals surface area contributed by atoms with E-state index in [4.69, 9.17) is 9.72 Å². The van der Waals surface area contributed by atoms with Gasteiger partial charge < -0.3 is 14.5 Å². The number of ether oxygens (including phenoxy) is 1. The lowest BCUT2D eigenvalue weighted by Crippen LogP contribution is -2.50. The molecule has 4 aliphatic rings. The number of aromatic nitrogens is 1. The number of rotatable bonds is 9. The number of amides is 2. The lowest BCUT2D eigenvalue weighted by Gasteiger charge is -2.38. The SMILES string of the molecule is CC1CN(C(=O)OC2CCC(C(=O)N(CC3CCC(c4ccc(S(C)(=O)=O)cc4)CC3)c3cccc(-c4cnc(C5CC5)s4)c3)CC2)C1. The summed E-state index contributed by atoms with van der Waals surface area (Å²) in [6, 6.07) is 15.8. The first kappa shape index (κ1) is 33.3. The molecule has 0 unspecified atom stereocenters. The van der Waals surface area contributed by atoms with E-state index >= 15 is 0 Å². The van der Waals surface area contributed by atoms with Gasteiger partial charge in [0.25, 0.3) is 0 Å². The topological polar surface area (TPSA) is 96.9 Å². The van der Waals surface area contributed by atoms with E-state index in [0.29, 0.717) is 48.0 Å². The van der Waals surface area contributed by atoms with Gasteiger partial charge in [0.2, 0.25) is 5.91 Å². The number of benzene rings is 2. The van der Waals surface area contributed by atoms with Crippen molar-refractivity contribution in [1.82, 2.24) is 9.88 Å². The second-order valence-corrected chi connectivity index (χ2v) is 17.8. The van der Waals surface area contributed by atoms with Crippen LogP contribution in [0.3, 0.4) is 0 Å².